The Morgan fingerprint density at radius 1 is 1.05 bits per heavy atom. The summed E-state index contributed by atoms with van der Waals surface area (Å²) < 4.78 is 17.4. The molecule has 43 heavy (non-hydrogen) atoms. The molecule has 222 valence electrons. The lowest BCUT2D eigenvalue weighted by molar-refractivity contribution is -0.120. The molecule has 0 spiro atoms. The number of amides is 1. The van der Waals surface area contributed by atoms with Crippen molar-refractivity contribution in [3.63, 3.8) is 0 Å². The third-order valence-electron chi connectivity index (χ3n) is 8.51. The number of likely N-dealkylation sites (N-methyl/N-ethyl adjacent to an activating group) is 1. The highest BCUT2D eigenvalue weighted by atomic mass is 16.5. The molecule has 0 saturated carbocycles. The number of methoxy groups -OCH3 is 1. The summed E-state index contributed by atoms with van der Waals surface area (Å²) in [6.07, 6.45) is 0.248. The normalized spacial score (nSPS) is 15.3. The number of rotatable bonds is 10. The third kappa shape index (κ3) is 5.81. The number of furan rings is 1. The first-order valence-electron chi connectivity index (χ1n) is 14.7. The van der Waals surface area contributed by atoms with Crippen molar-refractivity contribution in [2.45, 2.75) is 45.3 Å². The molecular weight excluding hydrogens is 540 g/mol. The highest BCUT2D eigenvalue weighted by molar-refractivity contribution is 5.83. The van der Waals surface area contributed by atoms with E-state index in [0.29, 0.717) is 6.04 Å². The van der Waals surface area contributed by atoms with Crippen LogP contribution in [0.4, 0.5) is 0 Å². The van der Waals surface area contributed by atoms with Crippen LogP contribution in [0.5, 0.6) is 5.75 Å². The number of ether oxygens (including phenoxy) is 1. The van der Waals surface area contributed by atoms with Gasteiger partial charge in [0.2, 0.25) is 5.91 Å². The van der Waals surface area contributed by atoms with E-state index in [0.717, 1.165) is 74.8 Å². The highest BCUT2D eigenvalue weighted by Gasteiger charge is 2.38. The van der Waals surface area contributed by atoms with Crippen LogP contribution in [0, 0.1) is 20.8 Å². The van der Waals surface area contributed by atoms with E-state index >= 15 is 0 Å². The summed E-state index contributed by atoms with van der Waals surface area (Å²) in [4.78, 5) is 15.9. The first-order chi connectivity index (χ1) is 20.8. The number of benzene rings is 3. The van der Waals surface area contributed by atoms with Crippen molar-refractivity contribution in [3.8, 4) is 5.75 Å². The molecule has 1 aliphatic rings. The molecule has 5 aromatic rings. The van der Waals surface area contributed by atoms with E-state index in [4.69, 9.17) is 13.7 Å². The van der Waals surface area contributed by atoms with Crippen LogP contribution in [0.25, 0.3) is 11.0 Å². The Morgan fingerprint density at radius 3 is 2.51 bits per heavy atom. The Labute approximate surface area is 252 Å². The first-order valence-corrected chi connectivity index (χ1v) is 14.7. The molecule has 0 radical (unpaired) electrons. The van der Waals surface area contributed by atoms with Gasteiger partial charge in [0.05, 0.1) is 31.3 Å². The monoisotopic (exact) mass is 578 g/mol. The van der Waals surface area contributed by atoms with Crippen LogP contribution >= 0.6 is 0 Å². The Bertz CT molecular complexity index is 1720. The largest absolute Gasteiger partial charge is 0.497 e. The minimum absolute atomic E-state index is 0.0561. The standard InChI is InChI=1S/C35H38N4O4/c1-21-15-28(41-5)12-13-29(21)34(25-9-7-6-8-10-25)37-32(40)17-24-11-14-30-26(16-24)18-31(42-30)35(39-19-27(20-39)36-4)33-22(2)38-43-23(33)3/h6-16,18,27,34-36H,17,19-20H2,1-5H3,(H,37,40). The van der Waals surface area contributed by atoms with E-state index in [1.165, 1.54) is 0 Å². The number of nitrogens with one attached hydrogen (secondary N) is 2. The lowest BCUT2D eigenvalue weighted by atomic mass is 9.94. The molecule has 2 aromatic heterocycles. The van der Waals surface area contributed by atoms with Crippen molar-refractivity contribution in [2.75, 3.05) is 27.2 Å². The van der Waals surface area contributed by atoms with Crippen molar-refractivity contribution in [3.05, 3.63) is 118 Å². The van der Waals surface area contributed by atoms with Crippen LogP contribution in [0.2, 0.25) is 0 Å². The number of likely N-dealkylation sites (tertiary alicyclic amines) is 1. The number of carbonyl (C=O) groups excluding carboxylic acids is 1. The lowest BCUT2D eigenvalue weighted by Gasteiger charge is -2.43. The quantitative estimate of drug-likeness (QED) is 0.217. The average Bonchev–Trinajstić information content (AvgIpc) is 3.55. The molecule has 2 N–H and O–H groups in total. The van der Waals surface area contributed by atoms with E-state index < -0.39 is 0 Å². The van der Waals surface area contributed by atoms with Gasteiger partial charge in [0.15, 0.2) is 0 Å². The molecule has 6 rings (SSSR count). The smallest absolute Gasteiger partial charge is 0.225 e. The lowest BCUT2D eigenvalue weighted by Crippen LogP contribution is -2.58. The van der Waals surface area contributed by atoms with Crippen molar-refractivity contribution in [2.24, 2.45) is 0 Å². The van der Waals surface area contributed by atoms with Gasteiger partial charge in [0.25, 0.3) is 0 Å². The topological polar surface area (TPSA) is 92.8 Å². The third-order valence-corrected chi connectivity index (χ3v) is 8.51. The molecule has 1 fully saturated rings. The number of hydrogen-bond acceptors (Lipinski definition) is 7. The molecule has 8 heteroatoms. The molecule has 0 aliphatic carbocycles. The van der Waals surface area contributed by atoms with E-state index in [1.54, 1.807) is 7.11 Å². The van der Waals surface area contributed by atoms with Gasteiger partial charge in [0, 0.05) is 30.1 Å². The second kappa shape index (κ2) is 12.1. The maximum Gasteiger partial charge on any atom is 0.225 e. The zero-order valence-electron chi connectivity index (χ0n) is 25.3. The highest BCUT2D eigenvalue weighted by Crippen LogP contribution is 2.38. The minimum atomic E-state index is -0.280. The van der Waals surface area contributed by atoms with Gasteiger partial charge in [-0.3, -0.25) is 9.69 Å². The van der Waals surface area contributed by atoms with E-state index in [-0.39, 0.29) is 24.4 Å². The van der Waals surface area contributed by atoms with Crippen molar-refractivity contribution in [1.82, 2.24) is 20.7 Å². The molecule has 1 saturated heterocycles. The number of nitrogens with zero attached hydrogens (tertiary/aromatic N) is 2. The Morgan fingerprint density at radius 2 is 1.84 bits per heavy atom. The summed E-state index contributed by atoms with van der Waals surface area (Å²) in [5, 5.41) is 11.8. The van der Waals surface area contributed by atoms with E-state index in [1.807, 2.05) is 88.5 Å². The first kappa shape index (κ1) is 28.7. The van der Waals surface area contributed by atoms with Crippen LogP contribution in [-0.4, -0.2) is 49.3 Å². The van der Waals surface area contributed by atoms with Gasteiger partial charge in [-0.05, 0) is 80.4 Å². The van der Waals surface area contributed by atoms with Gasteiger partial charge in [-0.2, -0.15) is 0 Å². The summed E-state index contributed by atoms with van der Waals surface area (Å²) in [5.74, 6) is 2.38. The minimum Gasteiger partial charge on any atom is -0.497 e. The number of fused-ring (bicyclic) bond motifs is 1. The second-order valence-electron chi connectivity index (χ2n) is 11.4. The van der Waals surface area contributed by atoms with Crippen molar-refractivity contribution < 1.29 is 18.5 Å². The van der Waals surface area contributed by atoms with Crippen LogP contribution < -0.4 is 15.4 Å². The van der Waals surface area contributed by atoms with Crippen LogP contribution in [-0.2, 0) is 11.2 Å². The predicted octanol–water partition coefficient (Wildman–Crippen LogP) is 5.80. The second-order valence-corrected chi connectivity index (χ2v) is 11.4. The van der Waals surface area contributed by atoms with Crippen molar-refractivity contribution >= 4 is 16.9 Å². The fourth-order valence-corrected chi connectivity index (χ4v) is 6.13. The van der Waals surface area contributed by atoms with E-state index in [9.17, 15) is 4.79 Å². The Kier molecular flexibility index (Phi) is 8.06. The summed E-state index contributed by atoms with van der Waals surface area (Å²) in [7, 11) is 3.65. The van der Waals surface area contributed by atoms with Gasteiger partial charge in [-0.1, -0.05) is 47.6 Å². The van der Waals surface area contributed by atoms with E-state index in [2.05, 4.69) is 32.8 Å². The number of aryl methyl sites for hydroxylation is 3. The summed E-state index contributed by atoms with van der Waals surface area (Å²) in [6, 6.07) is 24.2. The molecule has 0 bridgehead atoms. The van der Waals surface area contributed by atoms with Gasteiger partial charge in [-0.15, -0.1) is 0 Å². The maximum atomic E-state index is 13.5. The average molecular weight is 579 g/mol. The Hall–Kier alpha value is -4.40. The summed E-state index contributed by atoms with van der Waals surface area (Å²) >= 11 is 0. The molecular formula is C35H38N4O4. The molecule has 3 aromatic carbocycles. The molecule has 3 heterocycles. The SMILES string of the molecule is CNC1CN(C(c2cc3cc(CC(=O)NC(c4ccccc4)c4ccc(OC)cc4C)ccc3o2)c2c(C)noc2C)C1. The molecule has 2 unspecified atom stereocenters. The summed E-state index contributed by atoms with van der Waals surface area (Å²) in [6.45, 7) is 7.78. The summed E-state index contributed by atoms with van der Waals surface area (Å²) in [5.41, 5.74) is 6.74. The van der Waals surface area contributed by atoms with Crippen molar-refractivity contribution in [1.29, 1.82) is 0 Å². The molecule has 2 atom stereocenters. The van der Waals surface area contributed by atoms with Gasteiger partial charge >= 0.3 is 0 Å². The number of hydrogen-bond donors (Lipinski definition) is 2. The number of carbonyl (C=O) groups is 1. The van der Waals surface area contributed by atoms with Gasteiger partial charge in [-0.25, -0.2) is 0 Å². The fourth-order valence-electron chi connectivity index (χ4n) is 6.13. The Balaban J connectivity index is 1.25. The van der Waals surface area contributed by atoms with Crippen LogP contribution in [0.1, 0.15) is 57.1 Å². The zero-order chi connectivity index (χ0) is 30.1. The van der Waals surface area contributed by atoms with Crippen LogP contribution in [0.3, 0.4) is 0 Å². The fraction of sp³-hybridized carbons (Fsp3) is 0.314. The number of aromatic nitrogens is 1. The molecule has 8 nitrogen and oxygen atoms in total. The maximum absolute atomic E-state index is 13.5. The zero-order valence-corrected chi connectivity index (χ0v) is 25.3. The van der Waals surface area contributed by atoms with Gasteiger partial charge < -0.3 is 24.3 Å². The predicted molar refractivity (Wildman–Crippen MR) is 166 cm³/mol. The van der Waals surface area contributed by atoms with Crippen LogP contribution in [0.15, 0.2) is 81.7 Å². The molecule has 1 amide bonds. The van der Waals surface area contributed by atoms with Gasteiger partial charge in [0.1, 0.15) is 22.9 Å². The molecule has 1 aliphatic heterocycles.